The highest BCUT2D eigenvalue weighted by atomic mass is 35.5. The Labute approximate surface area is 129 Å². The van der Waals surface area contributed by atoms with Gasteiger partial charge in [-0.1, -0.05) is 17.7 Å². The van der Waals surface area contributed by atoms with Crippen molar-refractivity contribution in [2.75, 3.05) is 19.5 Å². The number of anilines is 1. The van der Waals surface area contributed by atoms with Crippen molar-refractivity contribution in [3.8, 4) is 11.5 Å². The average Bonchev–Trinajstić information content (AvgIpc) is 2.87. The fraction of sp³-hybridized carbons (Fsp3) is 0.294. The Balaban J connectivity index is 1.76. The molecule has 0 spiro atoms. The van der Waals surface area contributed by atoms with E-state index in [0.29, 0.717) is 6.04 Å². The largest absolute Gasteiger partial charge is 0.497 e. The van der Waals surface area contributed by atoms with Crippen molar-refractivity contribution < 1.29 is 9.47 Å². The fourth-order valence-corrected chi connectivity index (χ4v) is 3.01. The molecule has 2 aromatic carbocycles. The predicted molar refractivity (Wildman–Crippen MR) is 85.8 cm³/mol. The number of ether oxygens (including phenoxy) is 2. The molecule has 0 bridgehead atoms. The van der Waals surface area contributed by atoms with E-state index in [1.807, 2.05) is 24.3 Å². The van der Waals surface area contributed by atoms with Crippen molar-refractivity contribution >= 4 is 17.3 Å². The van der Waals surface area contributed by atoms with Gasteiger partial charge in [-0.2, -0.15) is 0 Å². The number of benzene rings is 2. The van der Waals surface area contributed by atoms with Gasteiger partial charge >= 0.3 is 0 Å². The third-order valence-corrected chi connectivity index (χ3v) is 4.06. The Bertz CT molecular complexity index is 635. The summed E-state index contributed by atoms with van der Waals surface area (Å²) in [5.74, 6) is 1.57. The number of nitrogens with one attached hydrogen (secondary N) is 1. The van der Waals surface area contributed by atoms with Gasteiger partial charge in [0, 0.05) is 35.0 Å². The second-order valence-electron chi connectivity index (χ2n) is 5.26. The third-order valence-electron chi connectivity index (χ3n) is 3.82. The summed E-state index contributed by atoms with van der Waals surface area (Å²) in [7, 11) is 3.32. The molecule has 0 radical (unpaired) electrons. The molecule has 1 aliphatic carbocycles. The summed E-state index contributed by atoms with van der Waals surface area (Å²) in [5, 5.41) is 4.36. The van der Waals surface area contributed by atoms with E-state index in [2.05, 4.69) is 17.4 Å². The predicted octanol–water partition coefficient (Wildman–Crippen LogP) is 3.94. The Morgan fingerprint density at radius 2 is 1.62 bits per heavy atom. The molecule has 1 N–H and O–H groups in total. The Hall–Kier alpha value is -1.87. The molecule has 2 aromatic rings. The number of hydrogen-bond donors (Lipinski definition) is 1. The Morgan fingerprint density at radius 3 is 2.29 bits per heavy atom. The van der Waals surface area contributed by atoms with Crippen LogP contribution < -0.4 is 14.8 Å². The fourth-order valence-electron chi connectivity index (χ4n) is 2.82. The van der Waals surface area contributed by atoms with Gasteiger partial charge in [0.15, 0.2) is 0 Å². The quantitative estimate of drug-likeness (QED) is 0.928. The van der Waals surface area contributed by atoms with Crippen LogP contribution in [-0.2, 0) is 12.8 Å². The van der Waals surface area contributed by atoms with Crippen LogP contribution in [0.3, 0.4) is 0 Å². The van der Waals surface area contributed by atoms with Gasteiger partial charge in [-0.15, -0.1) is 0 Å². The van der Waals surface area contributed by atoms with Crippen molar-refractivity contribution in [1.82, 2.24) is 0 Å². The molecule has 0 aliphatic heterocycles. The zero-order chi connectivity index (χ0) is 14.8. The highest BCUT2D eigenvalue weighted by molar-refractivity contribution is 6.30. The summed E-state index contributed by atoms with van der Waals surface area (Å²) in [6.45, 7) is 0. The van der Waals surface area contributed by atoms with Gasteiger partial charge in [-0.05, 0) is 36.1 Å². The second-order valence-corrected chi connectivity index (χ2v) is 5.70. The lowest BCUT2D eigenvalue weighted by molar-refractivity contribution is 0.394. The van der Waals surface area contributed by atoms with Crippen LogP contribution in [0.5, 0.6) is 11.5 Å². The van der Waals surface area contributed by atoms with Crippen LogP contribution >= 0.6 is 11.6 Å². The lowest BCUT2D eigenvalue weighted by Gasteiger charge is -2.15. The van der Waals surface area contributed by atoms with Gasteiger partial charge in [0.1, 0.15) is 11.5 Å². The summed E-state index contributed by atoms with van der Waals surface area (Å²) in [4.78, 5) is 0. The van der Waals surface area contributed by atoms with Crippen molar-refractivity contribution in [2.45, 2.75) is 18.9 Å². The van der Waals surface area contributed by atoms with Crippen LogP contribution in [0.1, 0.15) is 11.1 Å². The number of halogens is 1. The first-order valence-corrected chi connectivity index (χ1v) is 7.32. The van der Waals surface area contributed by atoms with E-state index in [-0.39, 0.29) is 0 Å². The van der Waals surface area contributed by atoms with Crippen LogP contribution in [-0.4, -0.2) is 20.3 Å². The Morgan fingerprint density at radius 1 is 0.952 bits per heavy atom. The lowest BCUT2D eigenvalue weighted by atomic mass is 10.1. The summed E-state index contributed by atoms with van der Waals surface area (Å²) in [6, 6.07) is 12.3. The highest BCUT2D eigenvalue weighted by Gasteiger charge is 2.21. The number of methoxy groups -OCH3 is 2. The summed E-state index contributed by atoms with van der Waals surface area (Å²) >= 11 is 6.06. The van der Waals surface area contributed by atoms with Gasteiger partial charge < -0.3 is 14.8 Å². The molecule has 0 saturated heterocycles. The molecule has 3 nitrogen and oxygen atoms in total. The average molecular weight is 304 g/mol. The first-order chi connectivity index (χ1) is 10.2. The zero-order valence-electron chi connectivity index (χ0n) is 12.2. The number of rotatable bonds is 4. The molecule has 0 heterocycles. The summed E-state index contributed by atoms with van der Waals surface area (Å²) < 4.78 is 10.6. The standard InChI is InChI=1S/C17H18ClNO2/c1-20-16-8-15(9-17(10-16)21-2)19-14-6-11-3-4-13(18)5-12(11)7-14/h3-5,8-10,14,19H,6-7H2,1-2H3. The molecule has 1 aliphatic rings. The molecule has 0 aromatic heterocycles. The second kappa shape index (κ2) is 5.86. The number of hydrogen-bond acceptors (Lipinski definition) is 3. The normalized spacial score (nSPS) is 16.4. The van der Waals surface area contributed by atoms with Crippen molar-refractivity contribution in [1.29, 1.82) is 0 Å². The van der Waals surface area contributed by atoms with Crippen LogP contribution in [0.25, 0.3) is 0 Å². The van der Waals surface area contributed by atoms with Crippen LogP contribution in [0.15, 0.2) is 36.4 Å². The maximum Gasteiger partial charge on any atom is 0.124 e. The summed E-state index contributed by atoms with van der Waals surface area (Å²) in [5.41, 5.74) is 3.71. The van der Waals surface area contributed by atoms with E-state index in [4.69, 9.17) is 21.1 Å². The van der Waals surface area contributed by atoms with Crippen molar-refractivity contribution in [3.05, 3.63) is 52.5 Å². The molecular weight excluding hydrogens is 286 g/mol. The van der Waals surface area contributed by atoms with E-state index in [0.717, 1.165) is 35.1 Å². The van der Waals surface area contributed by atoms with E-state index in [1.165, 1.54) is 11.1 Å². The van der Waals surface area contributed by atoms with E-state index in [1.54, 1.807) is 14.2 Å². The molecule has 0 amide bonds. The zero-order valence-corrected chi connectivity index (χ0v) is 12.9. The number of fused-ring (bicyclic) bond motifs is 1. The minimum Gasteiger partial charge on any atom is -0.497 e. The van der Waals surface area contributed by atoms with E-state index >= 15 is 0 Å². The molecule has 0 saturated carbocycles. The maximum atomic E-state index is 6.06. The molecular formula is C17H18ClNO2. The summed E-state index contributed by atoms with van der Waals surface area (Å²) in [6.07, 6.45) is 1.99. The highest BCUT2D eigenvalue weighted by Crippen LogP contribution is 2.30. The minimum atomic E-state index is 0.371. The molecule has 0 fully saturated rings. The van der Waals surface area contributed by atoms with Crippen molar-refractivity contribution in [3.63, 3.8) is 0 Å². The maximum absolute atomic E-state index is 6.06. The smallest absolute Gasteiger partial charge is 0.124 e. The molecule has 110 valence electrons. The Kier molecular flexibility index (Phi) is 3.93. The molecule has 1 unspecified atom stereocenters. The van der Waals surface area contributed by atoms with E-state index < -0.39 is 0 Å². The van der Waals surface area contributed by atoms with Crippen LogP contribution in [0.4, 0.5) is 5.69 Å². The first kappa shape index (κ1) is 14.1. The molecule has 4 heteroatoms. The van der Waals surface area contributed by atoms with Gasteiger partial charge in [0.05, 0.1) is 14.2 Å². The monoisotopic (exact) mass is 303 g/mol. The first-order valence-electron chi connectivity index (χ1n) is 6.95. The molecule has 1 atom stereocenters. The molecule has 21 heavy (non-hydrogen) atoms. The topological polar surface area (TPSA) is 30.5 Å². The van der Waals surface area contributed by atoms with Crippen LogP contribution in [0.2, 0.25) is 5.02 Å². The minimum absolute atomic E-state index is 0.371. The third kappa shape index (κ3) is 3.08. The van der Waals surface area contributed by atoms with Crippen molar-refractivity contribution in [2.24, 2.45) is 0 Å². The van der Waals surface area contributed by atoms with Gasteiger partial charge in [-0.3, -0.25) is 0 Å². The van der Waals surface area contributed by atoms with Gasteiger partial charge in [0.25, 0.3) is 0 Å². The van der Waals surface area contributed by atoms with Crippen LogP contribution in [0, 0.1) is 0 Å². The van der Waals surface area contributed by atoms with Gasteiger partial charge in [0.2, 0.25) is 0 Å². The van der Waals surface area contributed by atoms with E-state index in [9.17, 15) is 0 Å². The SMILES string of the molecule is COc1cc(NC2Cc3ccc(Cl)cc3C2)cc(OC)c1. The van der Waals surface area contributed by atoms with Gasteiger partial charge in [-0.25, -0.2) is 0 Å². The molecule has 3 rings (SSSR count). The lowest BCUT2D eigenvalue weighted by Crippen LogP contribution is -2.19.